The van der Waals surface area contributed by atoms with Gasteiger partial charge in [-0.25, -0.2) is 27.5 Å². The van der Waals surface area contributed by atoms with E-state index in [1.165, 1.54) is 12.1 Å². The number of unbranched alkanes of at least 4 members (excludes halogenated alkanes) is 3. The van der Waals surface area contributed by atoms with Gasteiger partial charge in [0.25, 0.3) is 0 Å². The molecule has 0 atom stereocenters. The lowest BCUT2D eigenvalue weighted by Crippen LogP contribution is -2.40. The van der Waals surface area contributed by atoms with Crippen molar-refractivity contribution in [2.75, 3.05) is 39.3 Å². The van der Waals surface area contributed by atoms with E-state index in [0.717, 1.165) is 10.0 Å². The fourth-order valence-corrected chi connectivity index (χ4v) is 5.91. The molecule has 0 aliphatic rings. The van der Waals surface area contributed by atoms with E-state index in [1.54, 1.807) is 21.9 Å². The minimum absolute atomic E-state index is 0.187. The Morgan fingerprint density at radius 3 is 1.62 bits per heavy atom. The molecule has 0 aliphatic heterocycles. The van der Waals surface area contributed by atoms with Crippen LogP contribution in [0.1, 0.15) is 85.6 Å². The summed E-state index contributed by atoms with van der Waals surface area (Å²) in [4.78, 5) is 41.5. The number of nitrogens with zero attached hydrogens (tertiary/aromatic N) is 2. The second-order valence-corrected chi connectivity index (χ2v) is 16.6. The van der Waals surface area contributed by atoms with Crippen LogP contribution in [-0.2, 0) is 30.8 Å². The Labute approximate surface area is 306 Å². The van der Waals surface area contributed by atoms with Crippen molar-refractivity contribution in [1.82, 2.24) is 19.8 Å². The first kappa shape index (κ1) is 42.8. The smallest absolute Gasteiger partial charge is 0.410 e. The molecule has 0 aliphatic carbocycles. The van der Waals surface area contributed by atoms with Crippen LogP contribution in [0.3, 0.4) is 0 Å². The first-order valence-corrected chi connectivity index (χ1v) is 19.4. The molecule has 14 heteroatoms. The summed E-state index contributed by atoms with van der Waals surface area (Å²) in [7, 11) is -3.63. The Morgan fingerprint density at radius 1 is 0.680 bits per heavy atom. The zero-order valence-electron chi connectivity index (χ0n) is 30.3. The van der Waals surface area contributed by atoms with Gasteiger partial charge in [0.05, 0.1) is 4.90 Å². The predicted octanol–water partition coefficient (Wildman–Crippen LogP) is 7.47. The molecule has 2 aromatic carbocycles. The molecule has 0 unspecified atom stereocenters. The molecule has 0 saturated carbocycles. The SMILES string of the molecule is CC(C)(C)OC(=O)N(CCCCNC(=O)OCc1ccccc1)CCCCN(CCCCNS(=O)(=O)c1ccc(Br)cc1)C(=O)OC(C)(C)C. The van der Waals surface area contributed by atoms with E-state index in [-0.39, 0.29) is 18.0 Å². The molecule has 0 bridgehead atoms. The maximum absolute atomic E-state index is 13.0. The van der Waals surface area contributed by atoms with Gasteiger partial charge in [0.1, 0.15) is 17.8 Å². The summed E-state index contributed by atoms with van der Waals surface area (Å²) in [5, 5.41) is 2.75. The van der Waals surface area contributed by atoms with Gasteiger partial charge in [-0.1, -0.05) is 46.3 Å². The molecule has 2 aromatic rings. The number of sulfonamides is 1. The molecular formula is C36H55BrN4O8S. The highest BCUT2D eigenvalue weighted by atomic mass is 79.9. The van der Waals surface area contributed by atoms with Crippen molar-refractivity contribution < 1.29 is 37.0 Å². The summed E-state index contributed by atoms with van der Waals surface area (Å²) in [5.41, 5.74) is -0.418. The fraction of sp³-hybridized carbons (Fsp3) is 0.583. The molecule has 280 valence electrons. The number of hydrogen-bond donors (Lipinski definition) is 2. The van der Waals surface area contributed by atoms with Gasteiger partial charge in [-0.05, 0) is 110 Å². The summed E-state index contributed by atoms with van der Waals surface area (Å²) in [6.45, 7) is 13.4. The molecule has 50 heavy (non-hydrogen) atoms. The fourth-order valence-electron chi connectivity index (χ4n) is 4.57. The lowest BCUT2D eigenvalue weighted by molar-refractivity contribution is 0.0207. The minimum Gasteiger partial charge on any atom is -0.445 e. The lowest BCUT2D eigenvalue weighted by atomic mass is 10.2. The van der Waals surface area contributed by atoms with Crippen LogP contribution in [-0.4, -0.2) is 87.0 Å². The van der Waals surface area contributed by atoms with E-state index in [2.05, 4.69) is 26.0 Å². The third kappa shape index (κ3) is 18.6. The Bertz CT molecular complexity index is 1430. The number of carbonyl (C=O) groups is 3. The van der Waals surface area contributed by atoms with Crippen LogP contribution in [0.2, 0.25) is 0 Å². The third-order valence-electron chi connectivity index (χ3n) is 7.02. The average Bonchev–Trinajstić information content (AvgIpc) is 3.02. The van der Waals surface area contributed by atoms with E-state index in [9.17, 15) is 22.8 Å². The van der Waals surface area contributed by atoms with Crippen LogP contribution in [0, 0.1) is 0 Å². The standard InChI is InChI=1S/C36H55BrN4O8S/c1-35(2,3)48-33(43)40(24-12-10-22-38-32(42)47-28-29-16-8-7-9-17-29)26-14-15-27-41(34(44)49-36(4,5)6)25-13-11-23-39-50(45,46)31-20-18-30(37)19-21-31/h7-9,16-21,39H,10-15,22-28H2,1-6H3,(H,38,42). The number of rotatable bonds is 19. The monoisotopic (exact) mass is 782 g/mol. The number of alkyl carbamates (subject to hydrolysis) is 1. The number of carbonyl (C=O) groups excluding carboxylic acids is 3. The van der Waals surface area contributed by atoms with Gasteiger partial charge < -0.3 is 29.3 Å². The van der Waals surface area contributed by atoms with Crippen molar-refractivity contribution in [1.29, 1.82) is 0 Å². The normalized spacial score (nSPS) is 11.8. The average molecular weight is 784 g/mol. The Hall–Kier alpha value is -3.36. The van der Waals surface area contributed by atoms with Crippen LogP contribution in [0.4, 0.5) is 14.4 Å². The molecule has 3 amide bonds. The van der Waals surface area contributed by atoms with Crippen molar-refractivity contribution in [2.24, 2.45) is 0 Å². The predicted molar refractivity (Wildman–Crippen MR) is 197 cm³/mol. The summed E-state index contributed by atoms with van der Waals surface area (Å²) in [6, 6.07) is 15.8. The van der Waals surface area contributed by atoms with Crippen molar-refractivity contribution in [3.8, 4) is 0 Å². The van der Waals surface area contributed by atoms with Gasteiger partial charge in [0.2, 0.25) is 10.0 Å². The summed E-state index contributed by atoms with van der Waals surface area (Å²) in [5.74, 6) is 0. The number of hydrogen-bond acceptors (Lipinski definition) is 8. The number of halogens is 1. The van der Waals surface area contributed by atoms with Crippen LogP contribution in [0.15, 0.2) is 64.0 Å². The zero-order chi connectivity index (χ0) is 37.2. The van der Waals surface area contributed by atoms with Crippen molar-refractivity contribution in [3.63, 3.8) is 0 Å². The maximum Gasteiger partial charge on any atom is 0.410 e. The highest BCUT2D eigenvalue weighted by Crippen LogP contribution is 2.16. The minimum atomic E-state index is -3.63. The Morgan fingerprint density at radius 2 is 1.14 bits per heavy atom. The van der Waals surface area contributed by atoms with E-state index >= 15 is 0 Å². The molecule has 0 radical (unpaired) electrons. The topological polar surface area (TPSA) is 144 Å². The van der Waals surface area contributed by atoms with E-state index in [4.69, 9.17) is 14.2 Å². The van der Waals surface area contributed by atoms with Gasteiger partial charge in [-0.15, -0.1) is 0 Å². The first-order chi connectivity index (χ1) is 23.4. The molecule has 2 rings (SSSR count). The lowest BCUT2D eigenvalue weighted by Gasteiger charge is -2.29. The second-order valence-electron chi connectivity index (χ2n) is 13.9. The molecule has 0 aromatic heterocycles. The summed E-state index contributed by atoms with van der Waals surface area (Å²) >= 11 is 3.31. The number of ether oxygens (including phenoxy) is 3. The summed E-state index contributed by atoms with van der Waals surface area (Å²) < 4.78 is 45.1. The van der Waals surface area contributed by atoms with Gasteiger partial charge in [-0.3, -0.25) is 0 Å². The van der Waals surface area contributed by atoms with Crippen molar-refractivity contribution >= 4 is 44.2 Å². The zero-order valence-corrected chi connectivity index (χ0v) is 32.7. The molecule has 0 fully saturated rings. The van der Waals surface area contributed by atoms with Gasteiger partial charge >= 0.3 is 18.3 Å². The van der Waals surface area contributed by atoms with Gasteiger partial charge in [0.15, 0.2) is 0 Å². The van der Waals surface area contributed by atoms with Crippen LogP contribution in [0.5, 0.6) is 0 Å². The Balaban J connectivity index is 1.83. The number of nitrogens with one attached hydrogen (secondary N) is 2. The van der Waals surface area contributed by atoms with Crippen LogP contribution >= 0.6 is 15.9 Å². The van der Waals surface area contributed by atoms with Crippen LogP contribution in [0.25, 0.3) is 0 Å². The first-order valence-electron chi connectivity index (χ1n) is 17.1. The second kappa shape index (κ2) is 21.1. The van der Waals surface area contributed by atoms with E-state index < -0.39 is 39.5 Å². The molecular weight excluding hydrogens is 728 g/mol. The van der Waals surface area contributed by atoms with Gasteiger partial charge in [-0.2, -0.15) is 0 Å². The highest BCUT2D eigenvalue weighted by molar-refractivity contribution is 9.10. The molecule has 0 saturated heterocycles. The molecule has 0 heterocycles. The maximum atomic E-state index is 13.0. The number of amides is 3. The number of benzene rings is 2. The van der Waals surface area contributed by atoms with Crippen LogP contribution < -0.4 is 10.0 Å². The van der Waals surface area contributed by atoms with Crippen molar-refractivity contribution in [3.05, 3.63) is 64.6 Å². The molecule has 0 spiro atoms. The summed E-state index contributed by atoms with van der Waals surface area (Å²) in [6.07, 6.45) is 2.28. The largest absolute Gasteiger partial charge is 0.445 e. The Kier molecular flexibility index (Phi) is 18.1. The third-order valence-corrected chi connectivity index (χ3v) is 9.02. The van der Waals surface area contributed by atoms with E-state index in [1.807, 2.05) is 71.9 Å². The highest BCUT2D eigenvalue weighted by Gasteiger charge is 2.24. The van der Waals surface area contributed by atoms with Gasteiger partial charge in [0, 0.05) is 43.7 Å². The quantitative estimate of drug-likeness (QED) is 0.110. The molecule has 2 N–H and O–H groups in total. The molecule has 12 nitrogen and oxygen atoms in total. The van der Waals surface area contributed by atoms with Crippen molar-refractivity contribution in [2.45, 2.75) is 103 Å². The van der Waals surface area contributed by atoms with E-state index in [0.29, 0.717) is 71.2 Å².